The van der Waals surface area contributed by atoms with Crippen molar-refractivity contribution < 1.29 is 14.7 Å². The molecular weight excluding hydrogens is 519 g/mol. The molecule has 4 N–H and O–H groups in total. The lowest BCUT2D eigenvalue weighted by atomic mass is 10.2. The first-order valence-corrected chi connectivity index (χ1v) is 14.6. The molecule has 1 aromatic carbocycles. The number of alkyl halides is 1. The summed E-state index contributed by atoms with van der Waals surface area (Å²) in [6.45, 7) is 9.69. The van der Waals surface area contributed by atoms with Gasteiger partial charge in [0.25, 0.3) is 0 Å². The van der Waals surface area contributed by atoms with Gasteiger partial charge in [-0.15, -0.1) is 9.24 Å². The number of carbonyl (C=O) groups is 2. The topological polar surface area (TPSA) is 92.4 Å². The fourth-order valence-corrected chi connectivity index (χ4v) is 2.66. The standard InChI is InChI=1S/C11H17NOS.C8H8O2.C2H7P.C2H6.CH3Br.CH5N/c1-2-3-4-6-12-8-11(13)10-5-7-14-9-10;9-8(10)6-7-4-2-1-3-5-7;1-2-3;3*1-2/h5,7,9,12H,2-4,6,8H2,1H3;1-5H,6H2,(H,9,10);2-3H2,1H3;1-2H3;1H3;2H2,1H3. The van der Waals surface area contributed by atoms with Gasteiger partial charge in [-0.05, 0) is 49.0 Å². The molecule has 0 aliphatic carbocycles. The average molecular weight is 566 g/mol. The predicted octanol–water partition coefficient (Wildman–Crippen LogP) is 6.52. The van der Waals surface area contributed by atoms with E-state index in [9.17, 15) is 9.59 Å². The zero-order valence-electron chi connectivity index (χ0n) is 21.3. The van der Waals surface area contributed by atoms with Crippen LogP contribution < -0.4 is 11.1 Å². The summed E-state index contributed by atoms with van der Waals surface area (Å²) in [6, 6.07) is 11.0. The molecule has 0 saturated heterocycles. The molecule has 0 bridgehead atoms. The van der Waals surface area contributed by atoms with E-state index in [2.05, 4.69) is 50.1 Å². The number of Topliss-reactive ketones (excluding diaryl/α,β-unsaturated/α-hetero) is 1. The van der Waals surface area contributed by atoms with Crippen LogP contribution in [0.5, 0.6) is 0 Å². The van der Waals surface area contributed by atoms with Crippen molar-refractivity contribution in [1.82, 2.24) is 5.32 Å². The molecule has 0 saturated carbocycles. The van der Waals surface area contributed by atoms with Crippen molar-refractivity contribution in [2.24, 2.45) is 5.73 Å². The number of thiophene rings is 1. The number of benzene rings is 1. The second-order valence-electron chi connectivity index (χ2n) is 5.78. The minimum Gasteiger partial charge on any atom is -0.481 e. The molecule has 5 nitrogen and oxygen atoms in total. The predicted molar refractivity (Wildman–Crippen MR) is 155 cm³/mol. The highest BCUT2D eigenvalue weighted by Crippen LogP contribution is 2.06. The molecule has 2 aromatic rings. The Morgan fingerprint density at radius 1 is 1.06 bits per heavy atom. The molecule has 0 radical (unpaired) electrons. The van der Waals surface area contributed by atoms with Gasteiger partial charge in [0.2, 0.25) is 0 Å². The van der Waals surface area contributed by atoms with Gasteiger partial charge >= 0.3 is 5.97 Å². The zero-order valence-corrected chi connectivity index (χ0v) is 24.8. The first-order valence-electron chi connectivity index (χ1n) is 11.2. The monoisotopic (exact) mass is 564 g/mol. The van der Waals surface area contributed by atoms with Crippen LogP contribution in [0.3, 0.4) is 0 Å². The maximum Gasteiger partial charge on any atom is 0.307 e. The summed E-state index contributed by atoms with van der Waals surface area (Å²) in [5, 5.41) is 15.4. The minimum atomic E-state index is -0.786. The molecule has 0 aliphatic heterocycles. The van der Waals surface area contributed by atoms with Gasteiger partial charge in [0, 0.05) is 10.9 Å². The van der Waals surface area contributed by atoms with Crippen LogP contribution in [-0.2, 0) is 11.2 Å². The van der Waals surface area contributed by atoms with Gasteiger partial charge < -0.3 is 16.2 Å². The number of nitrogens with one attached hydrogen (secondary N) is 1. The van der Waals surface area contributed by atoms with Crippen molar-refractivity contribution in [2.45, 2.75) is 53.4 Å². The largest absolute Gasteiger partial charge is 0.481 e. The number of nitrogens with two attached hydrogens (primary N) is 1. The highest BCUT2D eigenvalue weighted by atomic mass is 79.9. The molecule has 0 fully saturated rings. The highest BCUT2D eigenvalue weighted by molar-refractivity contribution is 9.08. The number of carbonyl (C=O) groups excluding carboxylic acids is 1. The van der Waals surface area contributed by atoms with E-state index in [0.717, 1.165) is 24.1 Å². The van der Waals surface area contributed by atoms with Crippen LogP contribution in [-0.4, -0.2) is 49.0 Å². The van der Waals surface area contributed by atoms with Crippen molar-refractivity contribution in [3.63, 3.8) is 0 Å². The Morgan fingerprint density at radius 2 is 1.61 bits per heavy atom. The molecule has 0 amide bonds. The third kappa shape index (κ3) is 30.9. The SMILES string of the molecule is CBr.CC.CCCCCNCC(=O)c1ccsc1.CCP.CN.O=C(O)Cc1ccccc1. The highest BCUT2D eigenvalue weighted by Gasteiger charge is 2.04. The second kappa shape index (κ2) is 35.5. The lowest BCUT2D eigenvalue weighted by molar-refractivity contribution is -0.136. The van der Waals surface area contributed by atoms with E-state index in [0.29, 0.717) is 6.54 Å². The summed E-state index contributed by atoms with van der Waals surface area (Å²) in [5.41, 5.74) is 6.17. The van der Waals surface area contributed by atoms with E-state index in [-0.39, 0.29) is 12.2 Å². The van der Waals surface area contributed by atoms with Crippen LogP contribution in [0.1, 0.15) is 62.9 Å². The van der Waals surface area contributed by atoms with Gasteiger partial charge in [0.15, 0.2) is 5.78 Å². The first-order chi connectivity index (χ1) is 16.0. The molecule has 1 atom stereocenters. The summed E-state index contributed by atoms with van der Waals surface area (Å²) < 4.78 is 0. The number of carboxylic acid groups (broad SMARTS) is 1. The number of ketones is 1. The Hall–Kier alpha value is -1.11. The number of halogens is 1. The van der Waals surface area contributed by atoms with Crippen LogP contribution >= 0.6 is 36.5 Å². The van der Waals surface area contributed by atoms with E-state index in [1.807, 2.05) is 54.7 Å². The Labute approximate surface area is 217 Å². The fourth-order valence-electron chi connectivity index (χ4n) is 2.00. The van der Waals surface area contributed by atoms with E-state index < -0.39 is 5.97 Å². The average Bonchev–Trinajstić information content (AvgIpc) is 3.39. The molecule has 2 rings (SSSR count). The molecule has 33 heavy (non-hydrogen) atoms. The third-order valence-corrected chi connectivity index (χ3v) is 3.97. The maximum absolute atomic E-state index is 11.5. The smallest absolute Gasteiger partial charge is 0.307 e. The molecule has 1 heterocycles. The van der Waals surface area contributed by atoms with Crippen molar-refractivity contribution >= 4 is 48.3 Å². The number of hydrogen-bond donors (Lipinski definition) is 3. The second-order valence-corrected chi connectivity index (χ2v) is 7.38. The number of unbranched alkanes of at least 4 members (excludes halogenated alkanes) is 2. The van der Waals surface area contributed by atoms with Gasteiger partial charge in [-0.2, -0.15) is 11.3 Å². The van der Waals surface area contributed by atoms with E-state index >= 15 is 0 Å². The Bertz CT molecular complexity index is 615. The normalized spacial score (nSPS) is 8.27. The van der Waals surface area contributed by atoms with Crippen LogP contribution in [0.25, 0.3) is 0 Å². The van der Waals surface area contributed by atoms with Crippen molar-refractivity contribution in [3.05, 3.63) is 58.3 Å². The van der Waals surface area contributed by atoms with Gasteiger partial charge in [-0.1, -0.05) is 86.8 Å². The lowest BCUT2D eigenvalue weighted by Crippen LogP contribution is -2.23. The Balaban J connectivity index is -0.000000194. The fraction of sp³-hybridized carbons (Fsp3) is 0.520. The van der Waals surface area contributed by atoms with Gasteiger partial charge in [0.05, 0.1) is 13.0 Å². The minimum absolute atomic E-state index is 0.112. The van der Waals surface area contributed by atoms with Crippen LogP contribution in [0, 0.1) is 0 Å². The molecular formula is C25H46BrN2O3PS. The molecule has 192 valence electrons. The molecule has 0 aliphatic rings. The first kappa shape index (κ1) is 39.1. The van der Waals surface area contributed by atoms with Crippen LogP contribution in [0.2, 0.25) is 0 Å². The van der Waals surface area contributed by atoms with Gasteiger partial charge in [-0.3, -0.25) is 9.59 Å². The van der Waals surface area contributed by atoms with E-state index in [1.165, 1.54) is 26.1 Å². The van der Waals surface area contributed by atoms with E-state index in [1.54, 1.807) is 23.5 Å². The number of hydrogen-bond acceptors (Lipinski definition) is 5. The number of aliphatic carboxylic acids is 1. The Morgan fingerprint density at radius 3 is 2.03 bits per heavy atom. The van der Waals surface area contributed by atoms with Gasteiger partial charge in [0.1, 0.15) is 0 Å². The third-order valence-electron chi connectivity index (χ3n) is 3.28. The quantitative estimate of drug-likeness (QED) is 0.139. The van der Waals surface area contributed by atoms with Crippen LogP contribution in [0.15, 0.2) is 47.2 Å². The summed E-state index contributed by atoms with van der Waals surface area (Å²) in [5.74, 6) is 1.22. The van der Waals surface area contributed by atoms with Gasteiger partial charge in [-0.25, -0.2) is 0 Å². The van der Waals surface area contributed by atoms with Crippen molar-refractivity contribution in [1.29, 1.82) is 0 Å². The van der Waals surface area contributed by atoms with Crippen molar-refractivity contribution in [2.75, 3.05) is 32.1 Å². The summed E-state index contributed by atoms with van der Waals surface area (Å²) in [4.78, 5) is 21.7. The number of rotatable bonds is 9. The summed E-state index contributed by atoms with van der Waals surface area (Å²) >= 11 is 4.50. The molecule has 1 aromatic heterocycles. The molecule has 1 unspecified atom stereocenters. The maximum atomic E-state index is 11.5. The van der Waals surface area contributed by atoms with Crippen LogP contribution in [0.4, 0.5) is 0 Å². The number of carboxylic acids is 1. The Kier molecular flexibility index (Phi) is 42.1. The zero-order chi connectivity index (χ0) is 26.3. The lowest BCUT2D eigenvalue weighted by Gasteiger charge is -2.01. The molecule has 8 heteroatoms. The summed E-state index contributed by atoms with van der Waals surface area (Å²) in [6.07, 6.45) is 4.90. The van der Waals surface area contributed by atoms with Crippen molar-refractivity contribution in [3.8, 4) is 0 Å². The molecule has 0 spiro atoms. The van der Waals surface area contributed by atoms with E-state index in [4.69, 9.17) is 5.11 Å². The summed E-state index contributed by atoms with van der Waals surface area (Å²) in [7, 11) is 4.08.